The van der Waals surface area contributed by atoms with Crippen LogP contribution in [0.5, 0.6) is 0 Å². The lowest BCUT2D eigenvalue weighted by Crippen LogP contribution is -2.16. The number of nitrogens with two attached hydrogens (primary N) is 1. The maximum Gasteiger partial charge on any atom is 0.108 e. The second-order valence-corrected chi connectivity index (χ2v) is 5.43. The van der Waals surface area contributed by atoms with Gasteiger partial charge >= 0.3 is 0 Å². The highest BCUT2D eigenvalue weighted by atomic mass is 79.9. The second kappa shape index (κ2) is 4.68. The van der Waals surface area contributed by atoms with Gasteiger partial charge in [-0.2, -0.15) is 16.9 Å². The third-order valence-electron chi connectivity index (χ3n) is 2.56. The fourth-order valence-electron chi connectivity index (χ4n) is 1.70. The molecule has 1 aromatic heterocycles. The summed E-state index contributed by atoms with van der Waals surface area (Å²) >= 11 is 5.59. The molecule has 78 valence electrons. The van der Waals surface area contributed by atoms with Gasteiger partial charge in [0.2, 0.25) is 0 Å². The predicted octanol–water partition coefficient (Wildman–Crippen LogP) is 2.17. The predicted molar refractivity (Wildman–Crippen MR) is 63.4 cm³/mol. The molecule has 1 aliphatic rings. The van der Waals surface area contributed by atoms with E-state index < -0.39 is 0 Å². The quantitative estimate of drug-likeness (QED) is 0.900. The number of hydrogen-bond acceptors (Lipinski definition) is 3. The van der Waals surface area contributed by atoms with Crippen molar-refractivity contribution in [3.63, 3.8) is 0 Å². The summed E-state index contributed by atoms with van der Waals surface area (Å²) in [5.41, 5.74) is 6.71. The van der Waals surface area contributed by atoms with Crippen LogP contribution >= 0.6 is 27.7 Å². The molecule has 0 atom stereocenters. The van der Waals surface area contributed by atoms with Crippen LogP contribution in [0.1, 0.15) is 24.4 Å². The van der Waals surface area contributed by atoms with Gasteiger partial charge in [0.15, 0.2) is 0 Å². The minimum absolute atomic E-state index is 0.558. The number of rotatable bonds is 2. The van der Waals surface area contributed by atoms with Crippen LogP contribution in [0.3, 0.4) is 0 Å². The zero-order chi connectivity index (χ0) is 9.97. The summed E-state index contributed by atoms with van der Waals surface area (Å²) in [7, 11) is 0. The summed E-state index contributed by atoms with van der Waals surface area (Å²) in [6.07, 6.45) is 4.30. The molecular formula is C9H14BrN3S. The summed E-state index contributed by atoms with van der Waals surface area (Å²) < 4.78 is 3.15. The Bertz CT molecular complexity index is 307. The molecule has 0 bridgehead atoms. The lowest BCUT2D eigenvalue weighted by atomic mass is 10.2. The van der Waals surface area contributed by atoms with E-state index in [0.717, 1.165) is 10.2 Å². The van der Waals surface area contributed by atoms with Crippen LogP contribution < -0.4 is 5.73 Å². The van der Waals surface area contributed by atoms with Crippen molar-refractivity contribution in [3.05, 3.63) is 16.4 Å². The van der Waals surface area contributed by atoms with Crippen molar-refractivity contribution in [1.82, 2.24) is 9.78 Å². The largest absolute Gasteiger partial charge is 0.326 e. The molecule has 0 aromatic carbocycles. The fraction of sp³-hybridized carbons (Fsp3) is 0.667. The molecule has 14 heavy (non-hydrogen) atoms. The Balaban J connectivity index is 2.18. The Morgan fingerprint density at radius 3 is 2.86 bits per heavy atom. The maximum atomic E-state index is 5.61. The molecule has 0 amide bonds. The standard InChI is InChI=1S/C9H14BrN3S/c10-9-7(5-11)6-12-13(9)8-1-3-14-4-2-8/h6,8H,1-5,11H2. The number of halogens is 1. The summed E-state index contributed by atoms with van der Waals surface area (Å²) in [5.74, 6) is 2.49. The lowest BCUT2D eigenvalue weighted by Gasteiger charge is -2.22. The minimum Gasteiger partial charge on any atom is -0.326 e. The molecule has 0 saturated carbocycles. The molecule has 1 fully saturated rings. The Morgan fingerprint density at radius 1 is 1.57 bits per heavy atom. The molecule has 1 saturated heterocycles. The molecule has 2 N–H and O–H groups in total. The molecule has 1 aliphatic heterocycles. The highest BCUT2D eigenvalue weighted by Gasteiger charge is 2.19. The average Bonchev–Trinajstić information content (AvgIpc) is 2.61. The zero-order valence-electron chi connectivity index (χ0n) is 7.95. The van der Waals surface area contributed by atoms with Crippen molar-refractivity contribution < 1.29 is 0 Å². The minimum atomic E-state index is 0.558. The van der Waals surface area contributed by atoms with Gasteiger partial charge < -0.3 is 5.73 Å². The molecule has 0 radical (unpaired) electrons. The first kappa shape index (κ1) is 10.5. The van der Waals surface area contributed by atoms with E-state index in [1.54, 1.807) is 0 Å². The van der Waals surface area contributed by atoms with Crippen molar-refractivity contribution in [2.45, 2.75) is 25.4 Å². The van der Waals surface area contributed by atoms with Crippen molar-refractivity contribution in [2.75, 3.05) is 11.5 Å². The van der Waals surface area contributed by atoms with Crippen molar-refractivity contribution in [1.29, 1.82) is 0 Å². The molecular weight excluding hydrogens is 262 g/mol. The number of hydrogen-bond donors (Lipinski definition) is 1. The van der Waals surface area contributed by atoms with Gasteiger partial charge in [-0.15, -0.1) is 0 Å². The van der Waals surface area contributed by atoms with E-state index in [1.807, 2.05) is 18.0 Å². The van der Waals surface area contributed by atoms with Crippen LogP contribution in [0.25, 0.3) is 0 Å². The normalized spacial score (nSPS) is 18.7. The topological polar surface area (TPSA) is 43.8 Å². The molecule has 3 nitrogen and oxygen atoms in total. The van der Waals surface area contributed by atoms with Gasteiger partial charge in [-0.1, -0.05) is 0 Å². The van der Waals surface area contributed by atoms with Gasteiger partial charge in [0.05, 0.1) is 12.2 Å². The molecule has 2 heterocycles. The van der Waals surface area contributed by atoms with Crippen LogP contribution in [-0.4, -0.2) is 21.3 Å². The van der Waals surface area contributed by atoms with E-state index in [0.29, 0.717) is 12.6 Å². The number of aromatic nitrogens is 2. The first-order valence-electron chi connectivity index (χ1n) is 4.82. The van der Waals surface area contributed by atoms with Gasteiger partial charge in [-0.25, -0.2) is 0 Å². The van der Waals surface area contributed by atoms with Gasteiger partial charge in [0.25, 0.3) is 0 Å². The van der Waals surface area contributed by atoms with Crippen molar-refractivity contribution in [3.8, 4) is 0 Å². The Morgan fingerprint density at radius 2 is 2.29 bits per heavy atom. The maximum absolute atomic E-state index is 5.61. The van der Waals surface area contributed by atoms with Gasteiger partial charge in [0, 0.05) is 12.1 Å². The fourth-order valence-corrected chi connectivity index (χ4v) is 3.43. The van der Waals surface area contributed by atoms with Crippen molar-refractivity contribution in [2.24, 2.45) is 5.73 Å². The van der Waals surface area contributed by atoms with Crippen LogP contribution in [0, 0.1) is 0 Å². The second-order valence-electron chi connectivity index (χ2n) is 3.45. The molecule has 2 rings (SSSR count). The van der Waals surface area contributed by atoms with E-state index in [1.165, 1.54) is 24.3 Å². The Kier molecular flexibility index (Phi) is 3.52. The summed E-state index contributed by atoms with van der Waals surface area (Å²) in [6.45, 7) is 0.558. The molecule has 1 aromatic rings. The Hall–Kier alpha value is 0. The number of nitrogens with zero attached hydrogens (tertiary/aromatic N) is 2. The highest BCUT2D eigenvalue weighted by Crippen LogP contribution is 2.30. The third kappa shape index (κ3) is 1.99. The van der Waals surface area contributed by atoms with E-state index >= 15 is 0 Å². The lowest BCUT2D eigenvalue weighted by molar-refractivity contribution is 0.419. The first-order chi connectivity index (χ1) is 6.83. The van der Waals surface area contributed by atoms with Gasteiger partial charge in [-0.05, 0) is 40.3 Å². The molecule has 5 heteroatoms. The highest BCUT2D eigenvalue weighted by molar-refractivity contribution is 9.10. The molecule has 0 spiro atoms. The van der Waals surface area contributed by atoms with Crippen molar-refractivity contribution >= 4 is 27.7 Å². The zero-order valence-corrected chi connectivity index (χ0v) is 10.4. The van der Waals surface area contributed by atoms with Crippen LogP contribution in [0.4, 0.5) is 0 Å². The SMILES string of the molecule is NCc1cnn(C2CCSCC2)c1Br. The van der Waals surface area contributed by atoms with Crippen LogP contribution in [-0.2, 0) is 6.54 Å². The average molecular weight is 276 g/mol. The number of thioether (sulfide) groups is 1. The van der Waals surface area contributed by atoms with E-state index in [2.05, 4.69) is 25.7 Å². The van der Waals surface area contributed by atoms with Crippen LogP contribution in [0.2, 0.25) is 0 Å². The molecule has 0 aliphatic carbocycles. The summed E-state index contributed by atoms with van der Waals surface area (Å²) in [6, 6.07) is 0.561. The van der Waals surface area contributed by atoms with Crippen LogP contribution in [0.15, 0.2) is 10.8 Å². The smallest absolute Gasteiger partial charge is 0.108 e. The Labute approximate surface area is 96.6 Å². The van der Waals surface area contributed by atoms with Gasteiger partial charge in [-0.3, -0.25) is 4.68 Å². The third-order valence-corrected chi connectivity index (χ3v) is 4.48. The monoisotopic (exact) mass is 275 g/mol. The van der Waals surface area contributed by atoms with E-state index in [9.17, 15) is 0 Å². The summed E-state index contributed by atoms with van der Waals surface area (Å²) in [4.78, 5) is 0. The summed E-state index contributed by atoms with van der Waals surface area (Å²) in [5, 5.41) is 4.39. The van der Waals surface area contributed by atoms with E-state index in [4.69, 9.17) is 5.73 Å². The first-order valence-corrected chi connectivity index (χ1v) is 6.77. The molecule has 0 unspecified atom stereocenters. The van der Waals surface area contributed by atoms with E-state index in [-0.39, 0.29) is 0 Å². The van der Waals surface area contributed by atoms with Gasteiger partial charge in [0.1, 0.15) is 4.60 Å².